The number of hydrogen-bond donors (Lipinski definition) is 3. The Morgan fingerprint density at radius 1 is 1.43 bits per heavy atom. The van der Waals surface area contributed by atoms with Gasteiger partial charge in [0, 0.05) is 17.8 Å². The van der Waals surface area contributed by atoms with Gasteiger partial charge in [0.2, 0.25) is 10.0 Å². The van der Waals surface area contributed by atoms with Gasteiger partial charge in [-0.05, 0) is 39.0 Å². The third kappa shape index (κ3) is 4.00. The summed E-state index contributed by atoms with van der Waals surface area (Å²) in [4.78, 5) is 0.295. The highest BCUT2D eigenvalue weighted by molar-refractivity contribution is 7.99. The number of nitrogens with zero attached hydrogens (tertiary/aromatic N) is 1. The quantitative estimate of drug-likeness (QED) is 0.702. The molecule has 1 fully saturated rings. The Morgan fingerprint density at radius 3 is 2.86 bits per heavy atom. The molecule has 1 aliphatic rings. The second-order valence-corrected chi connectivity index (χ2v) is 8.59. The van der Waals surface area contributed by atoms with Crippen LogP contribution in [0.5, 0.6) is 0 Å². The number of H-pyrrole nitrogens is 1. The Balaban J connectivity index is 2.11. The van der Waals surface area contributed by atoms with Crippen LogP contribution >= 0.6 is 11.8 Å². The summed E-state index contributed by atoms with van der Waals surface area (Å²) in [6.07, 6.45) is 2.91. The van der Waals surface area contributed by atoms with E-state index in [0.717, 1.165) is 25.0 Å². The lowest BCUT2D eigenvalue weighted by molar-refractivity contribution is 0.550. The molecule has 0 saturated heterocycles. The molecule has 0 spiro atoms. The molecule has 1 aliphatic carbocycles. The first kappa shape index (κ1) is 16.8. The van der Waals surface area contributed by atoms with Crippen molar-refractivity contribution in [2.45, 2.75) is 55.8 Å². The summed E-state index contributed by atoms with van der Waals surface area (Å²) in [5.41, 5.74) is 1.13. The van der Waals surface area contributed by atoms with Crippen LogP contribution in [0.2, 0.25) is 0 Å². The van der Waals surface area contributed by atoms with E-state index in [1.165, 1.54) is 0 Å². The number of hydrogen-bond acceptors (Lipinski definition) is 5. The molecule has 0 bridgehead atoms. The topological polar surface area (TPSA) is 86.9 Å². The fraction of sp³-hybridized carbons (Fsp3) is 0.769. The third-order valence-corrected chi connectivity index (χ3v) is 6.64. The molecule has 1 saturated carbocycles. The van der Waals surface area contributed by atoms with Gasteiger partial charge in [0.15, 0.2) is 0 Å². The summed E-state index contributed by atoms with van der Waals surface area (Å²) < 4.78 is 28.1. The van der Waals surface area contributed by atoms with E-state index in [-0.39, 0.29) is 6.04 Å². The van der Waals surface area contributed by atoms with Crippen molar-refractivity contribution in [1.29, 1.82) is 0 Å². The molecule has 8 heteroatoms. The summed E-state index contributed by atoms with van der Waals surface area (Å²) in [6.45, 7) is 4.31. The van der Waals surface area contributed by atoms with Gasteiger partial charge in [0.25, 0.3) is 0 Å². The van der Waals surface area contributed by atoms with Crippen LogP contribution in [0.25, 0.3) is 0 Å². The average Bonchev–Trinajstić information content (AvgIpc) is 2.97. The van der Waals surface area contributed by atoms with Gasteiger partial charge in [0.1, 0.15) is 4.90 Å². The van der Waals surface area contributed by atoms with E-state index in [2.05, 4.69) is 27.2 Å². The SMILES string of the molecule is CCSC1CCC(NS(=O)(=O)c2c(CNC)n[nH]c2C)C1. The van der Waals surface area contributed by atoms with Crippen molar-refractivity contribution < 1.29 is 8.42 Å². The molecule has 120 valence electrons. The van der Waals surface area contributed by atoms with Gasteiger partial charge < -0.3 is 5.32 Å². The van der Waals surface area contributed by atoms with Crippen molar-refractivity contribution in [3.05, 3.63) is 11.4 Å². The molecular formula is C13H24N4O2S2. The summed E-state index contributed by atoms with van der Waals surface area (Å²) in [6, 6.07) is 0.0378. The molecule has 0 aromatic carbocycles. The summed E-state index contributed by atoms with van der Waals surface area (Å²) in [7, 11) is -1.74. The van der Waals surface area contributed by atoms with E-state index in [1.807, 2.05) is 11.8 Å². The van der Waals surface area contributed by atoms with Gasteiger partial charge in [0.05, 0.1) is 11.4 Å². The van der Waals surface area contributed by atoms with Crippen LogP contribution in [0.3, 0.4) is 0 Å². The van der Waals surface area contributed by atoms with Crippen LogP contribution < -0.4 is 10.0 Å². The maximum Gasteiger partial charge on any atom is 0.244 e. The largest absolute Gasteiger partial charge is 0.314 e. The van der Waals surface area contributed by atoms with Gasteiger partial charge in [-0.15, -0.1) is 0 Å². The second kappa shape index (κ2) is 7.13. The lowest BCUT2D eigenvalue weighted by atomic mass is 10.3. The Hall–Kier alpha value is -0.570. The smallest absolute Gasteiger partial charge is 0.244 e. The monoisotopic (exact) mass is 332 g/mol. The van der Waals surface area contributed by atoms with Crippen molar-refractivity contribution in [2.24, 2.45) is 0 Å². The average molecular weight is 332 g/mol. The highest BCUT2D eigenvalue weighted by atomic mass is 32.2. The van der Waals surface area contributed by atoms with Crippen LogP contribution in [-0.4, -0.2) is 42.7 Å². The van der Waals surface area contributed by atoms with Crippen LogP contribution in [0, 0.1) is 6.92 Å². The number of sulfonamides is 1. The molecule has 1 heterocycles. The number of aryl methyl sites for hydroxylation is 1. The number of rotatable bonds is 7. The van der Waals surface area contributed by atoms with Crippen LogP contribution in [0.1, 0.15) is 37.6 Å². The van der Waals surface area contributed by atoms with Gasteiger partial charge in [-0.2, -0.15) is 16.9 Å². The van der Waals surface area contributed by atoms with E-state index >= 15 is 0 Å². The first-order chi connectivity index (χ1) is 9.97. The first-order valence-electron chi connectivity index (χ1n) is 7.30. The summed E-state index contributed by atoms with van der Waals surface area (Å²) in [5.74, 6) is 1.08. The molecule has 0 aliphatic heterocycles. The van der Waals surface area contributed by atoms with Gasteiger partial charge in [-0.1, -0.05) is 6.92 Å². The molecule has 3 N–H and O–H groups in total. The maximum atomic E-state index is 12.6. The molecule has 1 aromatic heterocycles. The number of aromatic nitrogens is 2. The fourth-order valence-corrected chi connectivity index (χ4v) is 5.62. The molecular weight excluding hydrogens is 308 g/mol. The summed E-state index contributed by atoms with van der Waals surface area (Å²) in [5, 5.41) is 10.4. The zero-order valence-electron chi connectivity index (χ0n) is 12.8. The standard InChI is InChI=1S/C13H24N4O2S2/c1-4-20-11-6-5-10(7-11)17-21(18,19)13-9(2)15-16-12(13)8-14-3/h10-11,14,17H,4-8H2,1-3H3,(H,15,16). The summed E-state index contributed by atoms with van der Waals surface area (Å²) >= 11 is 1.92. The highest BCUT2D eigenvalue weighted by Crippen LogP contribution is 2.31. The Kier molecular flexibility index (Phi) is 5.70. The van der Waals surface area contributed by atoms with E-state index in [1.54, 1.807) is 14.0 Å². The van der Waals surface area contributed by atoms with Gasteiger partial charge in [-0.3, -0.25) is 5.10 Å². The van der Waals surface area contributed by atoms with E-state index in [9.17, 15) is 8.42 Å². The van der Waals surface area contributed by atoms with Crippen LogP contribution in [0.4, 0.5) is 0 Å². The zero-order valence-corrected chi connectivity index (χ0v) is 14.4. The molecule has 0 amide bonds. The lowest BCUT2D eigenvalue weighted by Crippen LogP contribution is -2.34. The molecule has 21 heavy (non-hydrogen) atoms. The van der Waals surface area contributed by atoms with Gasteiger partial charge >= 0.3 is 0 Å². The van der Waals surface area contributed by atoms with Crippen molar-refractivity contribution in [3.63, 3.8) is 0 Å². The van der Waals surface area contributed by atoms with Crippen molar-refractivity contribution >= 4 is 21.8 Å². The number of thioether (sulfide) groups is 1. The predicted molar refractivity (Wildman–Crippen MR) is 86.0 cm³/mol. The third-order valence-electron chi connectivity index (χ3n) is 3.68. The van der Waals surface area contributed by atoms with E-state index in [4.69, 9.17) is 0 Å². The molecule has 6 nitrogen and oxygen atoms in total. The minimum absolute atomic E-state index is 0.0378. The van der Waals surface area contributed by atoms with Gasteiger partial charge in [-0.25, -0.2) is 13.1 Å². The van der Waals surface area contributed by atoms with E-state index < -0.39 is 10.0 Å². The fourth-order valence-electron chi connectivity index (χ4n) is 2.83. The van der Waals surface area contributed by atoms with Crippen molar-refractivity contribution in [2.75, 3.05) is 12.8 Å². The molecule has 1 aromatic rings. The highest BCUT2D eigenvalue weighted by Gasteiger charge is 2.31. The Labute approximate surface area is 130 Å². The number of nitrogens with one attached hydrogen (secondary N) is 3. The van der Waals surface area contributed by atoms with E-state index in [0.29, 0.717) is 28.1 Å². The maximum absolute atomic E-state index is 12.6. The molecule has 2 unspecified atom stereocenters. The lowest BCUT2D eigenvalue weighted by Gasteiger charge is -2.14. The van der Waals surface area contributed by atoms with Crippen molar-refractivity contribution in [3.8, 4) is 0 Å². The minimum atomic E-state index is -3.52. The van der Waals surface area contributed by atoms with Crippen LogP contribution in [-0.2, 0) is 16.6 Å². The Bertz CT molecular complexity index is 571. The predicted octanol–water partition coefficient (Wildman–Crippen LogP) is 1.39. The first-order valence-corrected chi connectivity index (χ1v) is 9.83. The van der Waals surface area contributed by atoms with Crippen molar-refractivity contribution in [1.82, 2.24) is 20.2 Å². The normalized spacial score (nSPS) is 22.8. The molecule has 0 radical (unpaired) electrons. The number of aromatic amines is 1. The van der Waals surface area contributed by atoms with Crippen LogP contribution in [0.15, 0.2) is 4.90 Å². The molecule has 2 atom stereocenters. The molecule has 2 rings (SSSR count). The minimum Gasteiger partial charge on any atom is -0.314 e. The Morgan fingerprint density at radius 2 is 2.19 bits per heavy atom. The second-order valence-electron chi connectivity index (χ2n) is 5.36. The zero-order chi connectivity index (χ0) is 15.5.